The predicted octanol–water partition coefficient (Wildman–Crippen LogP) is 4.50. The Morgan fingerprint density at radius 2 is 2.33 bits per heavy atom. The maximum absolute atomic E-state index is 6.19. The molecule has 2 N–H and O–H groups in total. The molecule has 1 aromatic rings. The van der Waals surface area contributed by atoms with Crippen LogP contribution in [0.2, 0.25) is 0 Å². The molecule has 2 rings (SSSR count). The number of hydrogen-bond donors (Lipinski definition) is 1. The normalized spacial score (nSPS) is 19.5. The Morgan fingerprint density at radius 3 is 2.83 bits per heavy atom. The van der Waals surface area contributed by atoms with Crippen molar-refractivity contribution >= 4 is 27.3 Å². The van der Waals surface area contributed by atoms with Gasteiger partial charge in [-0.2, -0.15) is 0 Å². The fraction of sp³-hybridized carbons (Fsp3) is 0.714. The number of hydrogen-bond acceptors (Lipinski definition) is 3. The zero-order valence-corrected chi connectivity index (χ0v) is 13.3. The first-order valence-electron chi connectivity index (χ1n) is 6.81. The molecule has 0 radical (unpaired) electrons. The molecule has 0 saturated heterocycles. The van der Waals surface area contributed by atoms with Crippen molar-refractivity contribution in [1.29, 1.82) is 0 Å². The molecular weight excluding hydrogens is 310 g/mol. The topological polar surface area (TPSA) is 35.2 Å². The maximum Gasteiger partial charge on any atom is 0.107 e. The molecule has 1 saturated carbocycles. The second kappa shape index (κ2) is 7.04. The zero-order chi connectivity index (χ0) is 13.0. The quantitative estimate of drug-likeness (QED) is 0.798. The molecule has 2 unspecified atom stereocenters. The summed E-state index contributed by atoms with van der Waals surface area (Å²) in [4.78, 5) is 1.24. The van der Waals surface area contributed by atoms with E-state index in [-0.39, 0.29) is 12.1 Å². The first-order valence-corrected chi connectivity index (χ1v) is 8.49. The number of rotatable bonds is 7. The molecule has 0 amide bonds. The summed E-state index contributed by atoms with van der Waals surface area (Å²) < 4.78 is 7.19. The first-order chi connectivity index (χ1) is 8.70. The Labute approximate surface area is 122 Å². The number of ether oxygens (including phenoxy) is 1. The van der Waals surface area contributed by atoms with Crippen molar-refractivity contribution < 1.29 is 4.74 Å². The Balaban J connectivity index is 1.87. The third kappa shape index (κ3) is 3.80. The van der Waals surface area contributed by atoms with Gasteiger partial charge in [-0.05, 0) is 40.8 Å². The molecule has 1 heterocycles. The van der Waals surface area contributed by atoms with Crippen LogP contribution in [-0.4, -0.2) is 12.6 Å². The van der Waals surface area contributed by atoms with E-state index in [9.17, 15) is 0 Å². The minimum Gasteiger partial charge on any atom is -0.371 e. The minimum absolute atomic E-state index is 0.0615. The zero-order valence-electron chi connectivity index (χ0n) is 10.9. The maximum atomic E-state index is 6.19. The predicted molar refractivity (Wildman–Crippen MR) is 80.9 cm³/mol. The van der Waals surface area contributed by atoms with Gasteiger partial charge in [0, 0.05) is 27.4 Å². The Morgan fingerprint density at radius 1 is 1.56 bits per heavy atom. The standard InChI is InChI=1S/C14H22BrNOS/c1-2-12(16)14(13-8-11(15)9-18-13)17-7-6-10-4-3-5-10/h8-10,12,14H,2-7,16H2,1H3. The molecule has 2 atom stereocenters. The van der Waals surface area contributed by atoms with Crippen LogP contribution in [0.15, 0.2) is 15.9 Å². The van der Waals surface area contributed by atoms with Crippen molar-refractivity contribution in [3.63, 3.8) is 0 Å². The van der Waals surface area contributed by atoms with Gasteiger partial charge in [0.1, 0.15) is 6.10 Å². The van der Waals surface area contributed by atoms with E-state index in [1.54, 1.807) is 11.3 Å². The number of halogens is 1. The van der Waals surface area contributed by atoms with Gasteiger partial charge in [0.2, 0.25) is 0 Å². The van der Waals surface area contributed by atoms with Gasteiger partial charge in [-0.15, -0.1) is 11.3 Å². The van der Waals surface area contributed by atoms with Crippen molar-refractivity contribution in [3.8, 4) is 0 Å². The molecule has 0 bridgehead atoms. The van der Waals surface area contributed by atoms with Crippen LogP contribution in [0.4, 0.5) is 0 Å². The molecule has 18 heavy (non-hydrogen) atoms. The summed E-state index contributed by atoms with van der Waals surface area (Å²) in [7, 11) is 0. The molecule has 2 nitrogen and oxygen atoms in total. The lowest BCUT2D eigenvalue weighted by atomic mass is 9.83. The molecule has 4 heteroatoms. The van der Waals surface area contributed by atoms with Crippen molar-refractivity contribution in [3.05, 3.63) is 20.8 Å². The van der Waals surface area contributed by atoms with E-state index in [1.165, 1.54) is 30.6 Å². The van der Waals surface area contributed by atoms with Crippen LogP contribution in [0.5, 0.6) is 0 Å². The van der Waals surface area contributed by atoms with E-state index in [0.29, 0.717) is 0 Å². The molecule has 1 aliphatic carbocycles. The smallest absolute Gasteiger partial charge is 0.107 e. The van der Waals surface area contributed by atoms with E-state index in [1.807, 2.05) is 0 Å². The van der Waals surface area contributed by atoms with Crippen LogP contribution in [-0.2, 0) is 4.74 Å². The van der Waals surface area contributed by atoms with Crippen LogP contribution in [0.3, 0.4) is 0 Å². The summed E-state index contributed by atoms with van der Waals surface area (Å²) in [5, 5.41) is 2.10. The van der Waals surface area contributed by atoms with Crippen LogP contribution in [0.1, 0.15) is 50.0 Å². The monoisotopic (exact) mass is 331 g/mol. The third-order valence-corrected chi connectivity index (χ3v) is 5.53. The van der Waals surface area contributed by atoms with Gasteiger partial charge in [0.25, 0.3) is 0 Å². The van der Waals surface area contributed by atoms with Gasteiger partial charge >= 0.3 is 0 Å². The average Bonchev–Trinajstić information content (AvgIpc) is 2.72. The van der Waals surface area contributed by atoms with E-state index in [0.717, 1.165) is 23.4 Å². The second-order valence-corrected chi connectivity index (χ2v) is 6.97. The van der Waals surface area contributed by atoms with E-state index >= 15 is 0 Å². The average molecular weight is 332 g/mol. The molecule has 0 spiro atoms. The lowest BCUT2D eigenvalue weighted by Crippen LogP contribution is -2.29. The van der Waals surface area contributed by atoms with Gasteiger partial charge < -0.3 is 10.5 Å². The van der Waals surface area contributed by atoms with Gasteiger partial charge in [-0.1, -0.05) is 26.2 Å². The lowest BCUT2D eigenvalue weighted by molar-refractivity contribution is 0.0224. The molecule has 0 aromatic carbocycles. The van der Waals surface area contributed by atoms with Gasteiger partial charge in [0.05, 0.1) is 0 Å². The highest BCUT2D eigenvalue weighted by molar-refractivity contribution is 9.10. The molecule has 1 fully saturated rings. The summed E-state index contributed by atoms with van der Waals surface area (Å²) >= 11 is 5.23. The van der Waals surface area contributed by atoms with Crippen molar-refractivity contribution in [2.24, 2.45) is 11.7 Å². The highest BCUT2D eigenvalue weighted by Gasteiger charge is 2.22. The molecular formula is C14H22BrNOS. The number of thiophene rings is 1. The summed E-state index contributed by atoms with van der Waals surface area (Å²) in [6.07, 6.45) is 6.38. The summed E-state index contributed by atoms with van der Waals surface area (Å²) in [5.41, 5.74) is 6.19. The Bertz CT molecular complexity index is 364. The van der Waals surface area contributed by atoms with Crippen LogP contribution >= 0.6 is 27.3 Å². The van der Waals surface area contributed by atoms with Crippen LogP contribution in [0.25, 0.3) is 0 Å². The van der Waals surface area contributed by atoms with Crippen LogP contribution in [0, 0.1) is 5.92 Å². The summed E-state index contributed by atoms with van der Waals surface area (Å²) in [6, 6.07) is 2.23. The van der Waals surface area contributed by atoms with Gasteiger partial charge in [0.15, 0.2) is 0 Å². The van der Waals surface area contributed by atoms with Crippen molar-refractivity contribution in [2.45, 2.75) is 51.2 Å². The summed E-state index contributed by atoms with van der Waals surface area (Å²) in [6.45, 7) is 2.97. The van der Waals surface area contributed by atoms with E-state index in [4.69, 9.17) is 10.5 Å². The Kier molecular flexibility index (Phi) is 5.67. The van der Waals surface area contributed by atoms with E-state index in [2.05, 4.69) is 34.3 Å². The number of nitrogens with two attached hydrogens (primary N) is 1. The lowest BCUT2D eigenvalue weighted by Gasteiger charge is -2.27. The SMILES string of the molecule is CCC(N)C(OCCC1CCC1)c1cc(Br)cs1. The molecule has 102 valence electrons. The Hall–Kier alpha value is 0.1000. The second-order valence-electron chi connectivity index (χ2n) is 5.12. The largest absolute Gasteiger partial charge is 0.371 e. The first kappa shape index (κ1) is 14.5. The van der Waals surface area contributed by atoms with Crippen molar-refractivity contribution in [1.82, 2.24) is 0 Å². The van der Waals surface area contributed by atoms with Gasteiger partial charge in [-0.3, -0.25) is 0 Å². The highest BCUT2D eigenvalue weighted by Crippen LogP contribution is 2.33. The minimum atomic E-state index is 0.0615. The molecule has 1 aliphatic rings. The summed E-state index contributed by atoms with van der Waals surface area (Å²) in [5.74, 6) is 0.901. The van der Waals surface area contributed by atoms with E-state index < -0.39 is 0 Å². The molecule has 1 aromatic heterocycles. The molecule has 0 aliphatic heterocycles. The fourth-order valence-electron chi connectivity index (χ4n) is 2.25. The van der Waals surface area contributed by atoms with Gasteiger partial charge in [-0.25, -0.2) is 0 Å². The van der Waals surface area contributed by atoms with Crippen molar-refractivity contribution in [2.75, 3.05) is 6.61 Å². The third-order valence-electron chi connectivity index (χ3n) is 3.78. The van der Waals surface area contributed by atoms with Crippen LogP contribution < -0.4 is 5.73 Å². The highest BCUT2D eigenvalue weighted by atomic mass is 79.9. The fourth-order valence-corrected chi connectivity index (χ4v) is 3.82.